The van der Waals surface area contributed by atoms with Crippen molar-refractivity contribution < 1.29 is 4.42 Å². The number of rotatable bonds is 4. The Hall–Kier alpha value is -0.870. The van der Waals surface area contributed by atoms with Gasteiger partial charge in [0, 0.05) is 24.5 Å². The van der Waals surface area contributed by atoms with Crippen LogP contribution in [-0.4, -0.2) is 35.1 Å². The van der Waals surface area contributed by atoms with Crippen molar-refractivity contribution in [3.05, 3.63) is 17.8 Å². The number of aromatic nitrogens is 1. The number of nitrogens with one attached hydrogen (secondary N) is 1. The maximum absolute atomic E-state index is 5.79. The van der Waals surface area contributed by atoms with Gasteiger partial charge in [-0.2, -0.15) is 0 Å². The maximum Gasteiger partial charge on any atom is 0.208 e. The Balaban J connectivity index is 1.70. The minimum atomic E-state index is 0.697. The highest BCUT2D eigenvalue weighted by atomic mass is 16.4. The lowest BCUT2D eigenvalue weighted by molar-refractivity contribution is 0.0126. The van der Waals surface area contributed by atoms with Crippen LogP contribution in [0.1, 0.15) is 50.7 Å². The highest BCUT2D eigenvalue weighted by molar-refractivity contribution is 4.99. The van der Waals surface area contributed by atoms with Crippen LogP contribution in [0.15, 0.2) is 10.6 Å². The number of aryl methyl sites for hydroxylation is 1. The SMILES string of the molecule is CCc1cnc(CN2C3CCCC2CC(NC)C3)o1. The summed E-state index contributed by atoms with van der Waals surface area (Å²) in [5.74, 6) is 1.90. The molecule has 106 valence electrons. The number of nitrogens with zero attached hydrogens (tertiary/aromatic N) is 2. The Bertz CT molecular complexity index is 403. The molecule has 0 amide bonds. The highest BCUT2D eigenvalue weighted by Gasteiger charge is 2.38. The standard InChI is InChI=1S/C15H25N3O/c1-3-14-9-17-15(19-14)10-18-12-5-4-6-13(18)8-11(7-12)16-2/h9,11-13,16H,3-8,10H2,1-2H3. The molecule has 0 spiro atoms. The van der Waals surface area contributed by atoms with Gasteiger partial charge >= 0.3 is 0 Å². The van der Waals surface area contributed by atoms with Crippen LogP contribution in [0.2, 0.25) is 0 Å². The summed E-state index contributed by atoms with van der Waals surface area (Å²) in [6.07, 6.45) is 9.40. The first kappa shape index (κ1) is 13.1. The molecule has 2 saturated heterocycles. The molecule has 4 nitrogen and oxygen atoms in total. The van der Waals surface area contributed by atoms with E-state index in [1.807, 2.05) is 6.20 Å². The van der Waals surface area contributed by atoms with Crippen LogP contribution in [0, 0.1) is 0 Å². The van der Waals surface area contributed by atoms with Crippen molar-refractivity contribution in [2.75, 3.05) is 7.05 Å². The van der Waals surface area contributed by atoms with Gasteiger partial charge in [-0.1, -0.05) is 13.3 Å². The van der Waals surface area contributed by atoms with E-state index in [0.29, 0.717) is 18.1 Å². The summed E-state index contributed by atoms with van der Waals surface area (Å²) < 4.78 is 5.79. The first-order valence-electron chi connectivity index (χ1n) is 7.66. The van der Waals surface area contributed by atoms with Gasteiger partial charge < -0.3 is 9.73 Å². The van der Waals surface area contributed by atoms with Crippen LogP contribution in [0.5, 0.6) is 0 Å². The maximum atomic E-state index is 5.79. The third-order valence-electron chi connectivity index (χ3n) is 4.80. The summed E-state index contributed by atoms with van der Waals surface area (Å²) in [6, 6.07) is 2.12. The average molecular weight is 263 g/mol. The lowest BCUT2D eigenvalue weighted by Crippen LogP contribution is -2.55. The fourth-order valence-electron chi connectivity index (χ4n) is 3.71. The van der Waals surface area contributed by atoms with Gasteiger partial charge in [0.05, 0.1) is 12.7 Å². The molecule has 2 bridgehead atoms. The first-order chi connectivity index (χ1) is 9.30. The minimum Gasteiger partial charge on any atom is -0.444 e. The Labute approximate surface area is 115 Å². The first-order valence-corrected chi connectivity index (χ1v) is 7.66. The molecule has 2 unspecified atom stereocenters. The second-order valence-electron chi connectivity index (χ2n) is 5.94. The molecule has 3 heterocycles. The second-order valence-corrected chi connectivity index (χ2v) is 5.94. The van der Waals surface area contributed by atoms with Crippen LogP contribution < -0.4 is 5.32 Å². The van der Waals surface area contributed by atoms with Crippen molar-refractivity contribution >= 4 is 0 Å². The van der Waals surface area contributed by atoms with E-state index in [2.05, 4.69) is 29.2 Å². The number of piperidine rings is 2. The Morgan fingerprint density at radius 2 is 2.11 bits per heavy atom. The van der Waals surface area contributed by atoms with Crippen LogP contribution in [0.25, 0.3) is 0 Å². The number of hydrogen-bond acceptors (Lipinski definition) is 4. The van der Waals surface area contributed by atoms with E-state index in [1.165, 1.54) is 32.1 Å². The molecular weight excluding hydrogens is 238 g/mol. The van der Waals surface area contributed by atoms with E-state index in [4.69, 9.17) is 4.42 Å². The van der Waals surface area contributed by atoms with Gasteiger partial charge in [-0.15, -0.1) is 0 Å². The molecule has 2 atom stereocenters. The smallest absolute Gasteiger partial charge is 0.208 e. The van der Waals surface area contributed by atoms with E-state index in [0.717, 1.165) is 24.6 Å². The van der Waals surface area contributed by atoms with E-state index in [-0.39, 0.29) is 0 Å². The molecular formula is C15H25N3O. The lowest BCUT2D eigenvalue weighted by atomic mass is 9.82. The topological polar surface area (TPSA) is 41.3 Å². The molecule has 1 aromatic heterocycles. The zero-order valence-corrected chi connectivity index (χ0v) is 12.1. The predicted octanol–water partition coefficient (Wildman–Crippen LogP) is 2.34. The van der Waals surface area contributed by atoms with Crippen molar-refractivity contribution in [3.63, 3.8) is 0 Å². The van der Waals surface area contributed by atoms with Gasteiger partial charge in [0.25, 0.3) is 0 Å². The summed E-state index contributed by atoms with van der Waals surface area (Å²) in [4.78, 5) is 7.07. The quantitative estimate of drug-likeness (QED) is 0.905. The zero-order chi connectivity index (χ0) is 13.2. The van der Waals surface area contributed by atoms with Crippen molar-refractivity contribution in [2.24, 2.45) is 0 Å². The molecule has 19 heavy (non-hydrogen) atoms. The fraction of sp³-hybridized carbons (Fsp3) is 0.800. The van der Waals surface area contributed by atoms with Gasteiger partial charge in [0.1, 0.15) is 5.76 Å². The molecule has 0 saturated carbocycles. The van der Waals surface area contributed by atoms with Crippen molar-refractivity contribution in [2.45, 2.75) is 70.1 Å². The molecule has 3 rings (SSSR count). The van der Waals surface area contributed by atoms with Gasteiger partial charge in [-0.05, 0) is 32.7 Å². The Morgan fingerprint density at radius 1 is 1.37 bits per heavy atom. The van der Waals surface area contributed by atoms with Crippen LogP contribution in [0.3, 0.4) is 0 Å². The monoisotopic (exact) mass is 263 g/mol. The van der Waals surface area contributed by atoms with E-state index in [9.17, 15) is 0 Å². The second kappa shape index (κ2) is 5.63. The summed E-state index contributed by atoms with van der Waals surface area (Å²) in [7, 11) is 2.09. The van der Waals surface area contributed by atoms with E-state index >= 15 is 0 Å². The molecule has 2 aliphatic heterocycles. The third-order valence-corrected chi connectivity index (χ3v) is 4.80. The summed E-state index contributed by atoms with van der Waals surface area (Å²) >= 11 is 0. The molecule has 1 aromatic rings. The average Bonchev–Trinajstić information content (AvgIpc) is 2.86. The van der Waals surface area contributed by atoms with Crippen LogP contribution in [-0.2, 0) is 13.0 Å². The molecule has 0 aromatic carbocycles. The van der Waals surface area contributed by atoms with Gasteiger partial charge in [0.15, 0.2) is 0 Å². The molecule has 4 heteroatoms. The zero-order valence-electron chi connectivity index (χ0n) is 12.1. The van der Waals surface area contributed by atoms with Gasteiger partial charge in [-0.3, -0.25) is 4.90 Å². The molecule has 0 radical (unpaired) electrons. The fourth-order valence-corrected chi connectivity index (χ4v) is 3.71. The minimum absolute atomic E-state index is 0.697. The summed E-state index contributed by atoms with van der Waals surface area (Å²) in [5, 5.41) is 3.46. The Morgan fingerprint density at radius 3 is 2.68 bits per heavy atom. The summed E-state index contributed by atoms with van der Waals surface area (Å²) in [5.41, 5.74) is 0. The van der Waals surface area contributed by atoms with Crippen molar-refractivity contribution in [3.8, 4) is 0 Å². The predicted molar refractivity (Wildman–Crippen MR) is 74.9 cm³/mol. The van der Waals surface area contributed by atoms with E-state index in [1.54, 1.807) is 0 Å². The largest absolute Gasteiger partial charge is 0.444 e. The third kappa shape index (κ3) is 2.70. The van der Waals surface area contributed by atoms with Crippen molar-refractivity contribution in [1.29, 1.82) is 0 Å². The lowest BCUT2D eigenvalue weighted by Gasteiger charge is -2.48. The summed E-state index contributed by atoms with van der Waals surface area (Å²) in [6.45, 7) is 3.00. The molecule has 0 aliphatic carbocycles. The molecule has 2 fully saturated rings. The number of hydrogen-bond donors (Lipinski definition) is 1. The number of fused-ring (bicyclic) bond motifs is 2. The Kier molecular flexibility index (Phi) is 3.89. The van der Waals surface area contributed by atoms with Crippen LogP contribution in [0.4, 0.5) is 0 Å². The normalized spacial score (nSPS) is 31.6. The molecule has 2 aliphatic rings. The van der Waals surface area contributed by atoms with E-state index < -0.39 is 0 Å². The number of oxazole rings is 1. The van der Waals surface area contributed by atoms with Gasteiger partial charge in [0.2, 0.25) is 5.89 Å². The van der Waals surface area contributed by atoms with Crippen LogP contribution >= 0.6 is 0 Å². The van der Waals surface area contributed by atoms with Crippen molar-refractivity contribution in [1.82, 2.24) is 15.2 Å². The highest BCUT2D eigenvalue weighted by Crippen LogP contribution is 2.35. The van der Waals surface area contributed by atoms with Gasteiger partial charge in [-0.25, -0.2) is 4.98 Å². The molecule has 1 N–H and O–H groups in total.